The van der Waals surface area contributed by atoms with E-state index in [4.69, 9.17) is 0 Å². The first-order valence-electron chi connectivity index (χ1n) is 6.48. The second-order valence-electron chi connectivity index (χ2n) is 5.10. The SMILES string of the molecule is O=C1CC(S(=O)(=O)F)CN1Cc1cc2ccccc2cn1. The van der Waals surface area contributed by atoms with Crippen LogP contribution in [0.5, 0.6) is 0 Å². The number of amides is 1. The molecule has 1 aromatic carbocycles. The third-order valence-corrected chi connectivity index (χ3v) is 4.73. The lowest BCUT2D eigenvalue weighted by molar-refractivity contribution is -0.128. The van der Waals surface area contributed by atoms with E-state index in [-0.39, 0.29) is 25.4 Å². The van der Waals surface area contributed by atoms with E-state index in [1.807, 2.05) is 30.3 Å². The zero-order valence-corrected chi connectivity index (χ0v) is 11.9. The average molecular weight is 308 g/mol. The molecule has 0 spiro atoms. The van der Waals surface area contributed by atoms with Crippen LogP contribution >= 0.6 is 0 Å². The van der Waals surface area contributed by atoms with Crippen LogP contribution in [0.1, 0.15) is 12.1 Å². The van der Waals surface area contributed by atoms with E-state index in [0.717, 1.165) is 10.8 Å². The number of carbonyl (C=O) groups is 1. The summed E-state index contributed by atoms with van der Waals surface area (Å²) < 4.78 is 34.7. The third kappa shape index (κ3) is 2.87. The van der Waals surface area contributed by atoms with Crippen molar-refractivity contribution in [2.45, 2.75) is 18.2 Å². The Labute approximate surface area is 121 Å². The van der Waals surface area contributed by atoms with Crippen molar-refractivity contribution in [3.05, 3.63) is 42.2 Å². The van der Waals surface area contributed by atoms with Crippen LogP contribution < -0.4 is 0 Å². The summed E-state index contributed by atoms with van der Waals surface area (Å²) in [6, 6.07) is 9.52. The number of likely N-dealkylation sites (tertiary alicyclic amines) is 1. The van der Waals surface area contributed by atoms with E-state index < -0.39 is 15.5 Å². The van der Waals surface area contributed by atoms with Crippen molar-refractivity contribution in [2.24, 2.45) is 0 Å². The number of rotatable bonds is 3. The van der Waals surface area contributed by atoms with Gasteiger partial charge in [0.05, 0.1) is 12.2 Å². The van der Waals surface area contributed by atoms with Gasteiger partial charge in [0.2, 0.25) is 5.91 Å². The first-order valence-corrected chi connectivity index (χ1v) is 7.93. The minimum atomic E-state index is -4.68. The molecule has 2 heterocycles. The van der Waals surface area contributed by atoms with E-state index in [0.29, 0.717) is 5.69 Å². The van der Waals surface area contributed by atoms with Crippen LogP contribution in [-0.4, -0.2) is 36.0 Å². The number of benzene rings is 1. The van der Waals surface area contributed by atoms with Gasteiger partial charge in [0.15, 0.2) is 0 Å². The lowest BCUT2D eigenvalue weighted by Gasteiger charge is -2.15. The van der Waals surface area contributed by atoms with Gasteiger partial charge in [-0.25, -0.2) is 0 Å². The van der Waals surface area contributed by atoms with Gasteiger partial charge < -0.3 is 4.90 Å². The Morgan fingerprint density at radius 3 is 2.67 bits per heavy atom. The zero-order chi connectivity index (χ0) is 15.0. The Morgan fingerprint density at radius 2 is 2.00 bits per heavy atom. The number of pyridine rings is 1. The number of nitrogens with zero attached hydrogens (tertiary/aromatic N) is 2. The maximum Gasteiger partial charge on any atom is 0.307 e. The molecule has 7 heteroatoms. The Balaban J connectivity index is 1.81. The molecule has 1 fully saturated rings. The van der Waals surface area contributed by atoms with Crippen LogP contribution in [-0.2, 0) is 21.6 Å². The smallest absolute Gasteiger partial charge is 0.307 e. The van der Waals surface area contributed by atoms with Gasteiger partial charge in [-0.05, 0) is 11.5 Å². The van der Waals surface area contributed by atoms with Crippen molar-refractivity contribution in [2.75, 3.05) is 6.54 Å². The van der Waals surface area contributed by atoms with Crippen molar-refractivity contribution in [3.8, 4) is 0 Å². The van der Waals surface area contributed by atoms with Gasteiger partial charge in [-0.3, -0.25) is 9.78 Å². The predicted octanol–water partition coefficient (Wildman–Crippen LogP) is 1.64. The van der Waals surface area contributed by atoms with Crippen molar-refractivity contribution < 1.29 is 17.1 Å². The molecule has 1 saturated heterocycles. The molecule has 1 aliphatic heterocycles. The Morgan fingerprint density at radius 1 is 1.29 bits per heavy atom. The van der Waals surface area contributed by atoms with Crippen LogP contribution in [0.2, 0.25) is 0 Å². The van der Waals surface area contributed by atoms with E-state index in [2.05, 4.69) is 4.98 Å². The number of hydrogen-bond acceptors (Lipinski definition) is 4. The van der Waals surface area contributed by atoms with Crippen molar-refractivity contribution in [1.82, 2.24) is 9.88 Å². The Kier molecular flexibility index (Phi) is 3.36. The van der Waals surface area contributed by atoms with Crippen molar-refractivity contribution >= 4 is 26.9 Å². The fraction of sp³-hybridized carbons (Fsp3) is 0.286. The largest absolute Gasteiger partial charge is 0.335 e. The highest BCUT2D eigenvalue weighted by atomic mass is 32.3. The average Bonchev–Trinajstić information content (AvgIpc) is 2.80. The number of carbonyl (C=O) groups excluding carboxylic acids is 1. The molecule has 0 N–H and O–H groups in total. The summed E-state index contributed by atoms with van der Waals surface area (Å²) in [4.78, 5) is 17.4. The summed E-state index contributed by atoms with van der Waals surface area (Å²) in [5.41, 5.74) is 0.652. The molecule has 5 nitrogen and oxygen atoms in total. The molecule has 1 aromatic heterocycles. The maximum absolute atomic E-state index is 13.0. The molecule has 1 atom stereocenters. The summed E-state index contributed by atoms with van der Waals surface area (Å²) in [5.74, 6) is -0.365. The summed E-state index contributed by atoms with van der Waals surface area (Å²) in [7, 11) is -4.68. The topological polar surface area (TPSA) is 67.3 Å². The fourth-order valence-corrected chi connectivity index (χ4v) is 3.19. The molecule has 3 rings (SSSR count). The second-order valence-corrected chi connectivity index (χ2v) is 6.72. The molecule has 110 valence electrons. The number of hydrogen-bond donors (Lipinski definition) is 0. The standard InChI is InChI=1S/C14H13FN2O3S/c15-21(19,20)13-6-14(18)17(9-13)8-12-5-10-3-1-2-4-11(10)7-16-12/h1-5,7,13H,6,8-9H2. The fourth-order valence-electron chi connectivity index (χ4n) is 2.49. The first-order chi connectivity index (χ1) is 9.93. The van der Waals surface area contributed by atoms with Crippen LogP contribution in [0.25, 0.3) is 10.8 Å². The highest BCUT2D eigenvalue weighted by Gasteiger charge is 2.38. The molecule has 0 bridgehead atoms. The minimum absolute atomic E-state index is 0.119. The van der Waals surface area contributed by atoms with Gasteiger partial charge in [0, 0.05) is 24.5 Å². The molecule has 2 aromatic rings. The van der Waals surface area contributed by atoms with Crippen molar-refractivity contribution in [3.63, 3.8) is 0 Å². The summed E-state index contributed by atoms with van der Waals surface area (Å²) >= 11 is 0. The number of halogens is 1. The molecule has 1 amide bonds. The van der Waals surface area contributed by atoms with Crippen LogP contribution in [0.3, 0.4) is 0 Å². The van der Waals surface area contributed by atoms with E-state index in [1.165, 1.54) is 4.90 Å². The van der Waals surface area contributed by atoms with Crippen LogP contribution in [0, 0.1) is 0 Å². The van der Waals surface area contributed by atoms with E-state index in [1.54, 1.807) is 6.20 Å². The van der Waals surface area contributed by atoms with Gasteiger partial charge >= 0.3 is 10.2 Å². The van der Waals surface area contributed by atoms with Gasteiger partial charge in [0.1, 0.15) is 5.25 Å². The maximum atomic E-state index is 13.0. The number of fused-ring (bicyclic) bond motifs is 1. The molecule has 1 unspecified atom stereocenters. The quantitative estimate of drug-likeness (QED) is 0.808. The monoisotopic (exact) mass is 308 g/mol. The summed E-state index contributed by atoms with van der Waals surface area (Å²) in [5, 5.41) is 0.715. The second kappa shape index (κ2) is 5.07. The molecule has 1 aliphatic rings. The van der Waals surface area contributed by atoms with E-state index >= 15 is 0 Å². The van der Waals surface area contributed by atoms with Gasteiger partial charge in [-0.1, -0.05) is 24.3 Å². The van der Waals surface area contributed by atoms with Gasteiger partial charge in [-0.15, -0.1) is 3.89 Å². The molecule has 0 saturated carbocycles. The first kappa shape index (κ1) is 13.9. The molecular formula is C14H13FN2O3S. The highest BCUT2D eigenvalue weighted by Crippen LogP contribution is 2.22. The molecule has 0 aliphatic carbocycles. The van der Waals surface area contributed by atoms with E-state index in [9.17, 15) is 17.1 Å². The van der Waals surface area contributed by atoms with Crippen LogP contribution in [0.4, 0.5) is 3.89 Å². The van der Waals surface area contributed by atoms with Crippen LogP contribution in [0.15, 0.2) is 36.5 Å². The Bertz CT molecular complexity index is 807. The lowest BCUT2D eigenvalue weighted by atomic mass is 10.1. The highest BCUT2D eigenvalue weighted by molar-refractivity contribution is 7.87. The summed E-state index contributed by atoms with van der Waals surface area (Å²) in [6.07, 6.45) is 1.40. The predicted molar refractivity (Wildman–Crippen MR) is 75.6 cm³/mol. The molecule has 21 heavy (non-hydrogen) atoms. The third-order valence-electron chi connectivity index (χ3n) is 3.62. The normalized spacial score (nSPS) is 19.4. The van der Waals surface area contributed by atoms with Gasteiger partial charge in [0.25, 0.3) is 0 Å². The number of aromatic nitrogens is 1. The zero-order valence-electron chi connectivity index (χ0n) is 11.1. The van der Waals surface area contributed by atoms with Gasteiger partial charge in [-0.2, -0.15) is 8.42 Å². The Hall–Kier alpha value is -2.02. The lowest BCUT2D eigenvalue weighted by Crippen LogP contribution is -2.27. The van der Waals surface area contributed by atoms with Crippen molar-refractivity contribution in [1.29, 1.82) is 0 Å². The summed E-state index contributed by atoms with van der Waals surface area (Å²) in [6.45, 7) is 0.0713. The molecular weight excluding hydrogens is 295 g/mol. The minimum Gasteiger partial charge on any atom is -0.335 e. The molecule has 0 radical (unpaired) electrons.